The zero-order valence-electron chi connectivity index (χ0n) is 9.22. The average molecular weight is 225 g/mol. The molecule has 6 heteroatoms. The molecule has 88 valence electrons. The van der Waals surface area contributed by atoms with Crippen molar-refractivity contribution < 1.29 is 14.3 Å². The molecular weight excluding hydrogens is 210 g/mol. The molecule has 1 fully saturated rings. The van der Waals surface area contributed by atoms with Crippen molar-refractivity contribution in [1.82, 2.24) is 15.1 Å². The third-order valence-electron chi connectivity index (χ3n) is 2.58. The molecule has 0 saturated heterocycles. The van der Waals surface area contributed by atoms with Gasteiger partial charge in [0.2, 0.25) is 11.8 Å². The predicted molar refractivity (Wildman–Crippen MR) is 54.7 cm³/mol. The quantitative estimate of drug-likeness (QED) is 0.772. The van der Waals surface area contributed by atoms with E-state index in [9.17, 15) is 4.79 Å². The lowest BCUT2D eigenvalue weighted by atomic mass is 10.3. The Labute approximate surface area is 93.3 Å². The monoisotopic (exact) mass is 225 g/mol. The zero-order chi connectivity index (χ0) is 11.5. The van der Waals surface area contributed by atoms with E-state index in [1.807, 2.05) is 0 Å². The van der Waals surface area contributed by atoms with Crippen molar-refractivity contribution in [2.75, 3.05) is 6.54 Å². The van der Waals surface area contributed by atoms with Gasteiger partial charge in [0.05, 0.1) is 13.0 Å². The number of nitrogens with zero attached hydrogens (tertiary/aromatic N) is 3. The molecule has 0 unspecified atom stereocenters. The van der Waals surface area contributed by atoms with Crippen molar-refractivity contribution in [3.8, 4) is 0 Å². The molecule has 1 N–H and O–H groups in total. The Hall–Kier alpha value is -1.43. The molecular formula is C10H15N3O3. The molecule has 6 nitrogen and oxygen atoms in total. The molecule has 1 aromatic rings. The Balaban J connectivity index is 1.89. The second-order valence-corrected chi connectivity index (χ2v) is 4.06. The topological polar surface area (TPSA) is 79.5 Å². The fourth-order valence-corrected chi connectivity index (χ4v) is 1.64. The van der Waals surface area contributed by atoms with Crippen molar-refractivity contribution in [3.05, 3.63) is 11.8 Å². The van der Waals surface area contributed by atoms with Crippen molar-refractivity contribution >= 4 is 5.97 Å². The van der Waals surface area contributed by atoms with Gasteiger partial charge in [-0.25, -0.2) is 0 Å². The van der Waals surface area contributed by atoms with Gasteiger partial charge in [-0.2, -0.15) is 0 Å². The van der Waals surface area contributed by atoms with Crippen LogP contribution in [0.25, 0.3) is 0 Å². The Bertz CT molecular complexity index is 373. The van der Waals surface area contributed by atoms with E-state index >= 15 is 0 Å². The van der Waals surface area contributed by atoms with Gasteiger partial charge in [0.25, 0.3) is 0 Å². The minimum Gasteiger partial charge on any atom is -0.481 e. The normalized spacial score (nSPS) is 15.6. The highest BCUT2D eigenvalue weighted by Crippen LogP contribution is 2.28. The average Bonchev–Trinajstić information content (AvgIpc) is 2.98. The van der Waals surface area contributed by atoms with Crippen LogP contribution in [0.1, 0.15) is 31.0 Å². The van der Waals surface area contributed by atoms with Crippen molar-refractivity contribution in [3.63, 3.8) is 0 Å². The Morgan fingerprint density at radius 3 is 2.81 bits per heavy atom. The molecule has 0 spiro atoms. The van der Waals surface area contributed by atoms with Crippen LogP contribution in [-0.2, 0) is 11.3 Å². The smallest absolute Gasteiger partial charge is 0.304 e. The lowest BCUT2D eigenvalue weighted by Crippen LogP contribution is -2.28. The van der Waals surface area contributed by atoms with Crippen molar-refractivity contribution in [2.45, 2.75) is 38.8 Å². The summed E-state index contributed by atoms with van der Waals surface area (Å²) in [4.78, 5) is 12.6. The number of carboxylic acids is 1. The molecule has 1 heterocycles. The van der Waals surface area contributed by atoms with Crippen LogP contribution in [0.15, 0.2) is 4.42 Å². The van der Waals surface area contributed by atoms with Gasteiger partial charge in [0.1, 0.15) is 0 Å². The van der Waals surface area contributed by atoms with Crippen LogP contribution in [0.3, 0.4) is 0 Å². The largest absolute Gasteiger partial charge is 0.481 e. The van der Waals surface area contributed by atoms with Crippen LogP contribution in [0.4, 0.5) is 0 Å². The summed E-state index contributed by atoms with van der Waals surface area (Å²) in [7, 11) is 0. The standard InChI is InChI=1S/C10H15N3O3/c1-7-11-12-9(16-7)6-13(8-2-3-8)5-4-10(14)15/h8H,2-6H2,1H3,(H,14,15). The minimum absolute atomic E-state index is 0.156. The van der Waals surface area contributed by atoms with E-state index in [4.69, 9.17) is 9.52 Å². The van der Waals surface area contributed by atoms with E-state index in [1.54, 1.807) is 6.92 Å². The van der Waals surface area contributed by atoms with E-state index < -0.39 is 5.97 Å². The fourth-order valence-electron chi connectivity index (χ4n) is 1.64. The number of hydrogen-bond acceptors (Lipinski definition) is 5. The third-order valence-corrected chi connectivity index (χ3v) is 2.58. The summed E-state index contributed by atoms with van der Waals surface area (Å²) >= 11 is 0. The Morgan fingerprint density at radius 1 is 1.56 bits per heavy atom. The van der Waals surface area contributed by atoms with E-state index in [0.717, 1.165) is 12.8 Å². The van der Waals surface area contributed by atoms with Crippen LogP contribution in [0, 0.1) is 6.92 Å². The van der Waals surface area contributed by atoms with Gasteiger partial charge < -0.3 is 9.52 Å². The van der Waals surface area contributed by atoms with Crippen LogP contribution in [-0.4, -0.2) is 38.8 Å². The summed E-state index contributed by atoms with van der Waals surface area (Å²) < 4.78 is 5.29. The van der Waals surface area contributed by atoms with Crippen LogP contribution < -0.4 is 0 Å². The molecule has 0 aromatic carbocycles. The number of carbonyl (C=O) groups is 1. The van der Waals surface area contributed by atoms with Gasteiger partial charge in [-0.3, -0.25) is 9.69 Å². The summed E-state index contributed by atoms with van der Waals surface area (Å²) in [6.45, 7) is 2.84. The highest BCUT2D eigenvalue weighted by atomic mass is 16.4. The summed E-state index contributed by atoms with van der Waals surface area (Å²) in [6.07, 6.45) is 2.42. The molecule has 0 amide bonds. The molecule has 0 radical (unpaired) electrons. The first-order valence-corrected chi connectivity index (χ1v) is 5.40. The lowest BCUT2D eigenvalue weighted by molar-refractivity contribution is -0.137. The van der Waals surface area contributed by atoms with Gasteiger partial charge in [0.15, 0.2) is 0 Å². The minimum atomic E-state index is -0.771. The number of carboxylic acid groups (broad SMARTS) is 1. The van der Waals surface area contributed by atoms with Gasteiger partial charge in [-0.1, -0.05) is 0 Å². The number of aromatic nitrogens is 2. The first-order valence-electron chi connectivity index (χ1n) is 5.40. The first-order chi connectivity index (χ1) is 7.65. The molecule has 1 saturated carbocycles. The maximum Gasteiger partial charge on any atom is 0.304 e. The van der Waals surface area contributed by atoms with Gasteiger partial charge >= 0.3 is 5.97 Å². The molecule has 0 bridgehead atoms. The van der Waals surface area contributed by atoms with E-state index in [2.05, 4.69) is 15.1 Å². The summed E-state index contributed by atoms with van der Waals surface area (Å²) in [5.74, 6) is 0.339. The molecule has 1 aliphatic carbocycles. The second-order valence-electron chi connectivity index (χ2n) is 4.06. The second kappa shape index (κ2) is 4.61. The SMILES string of the molecule is Cc1nnc(CN(CCC(=O)O)C2CC2)o1. The van der Waals surface area contributed by atoms with E-state index in [-0.39, 0.29) is 6.42 Å². The number of aryl methyl sites for hydroxylation is 1. The van der Waals surface area contributed by atoms with Crippen molar-refractivity contribution in [2.24, 2.45) is 0 Å². The van der Waals surface area contributed by atoms with Gasteiger partial charge in [0, 0.05) is 19.5 Å². The van der Waals surface area contributed by atoms with E-state index in [0.29, 0.717) is 30.9 Å². The van der Waals surface area contributed by atoms with Crippen LogP contribution in [0.2, 0.25) is 0 Å². The third kappa shape index (κ3) is 3.03. The summed E-state index contributed by atoms with van der Waals surface area (Å²) in [5.41, 5.74) is 0. The maximum absolute atomic E-state index is 10.5. The van der Waals surface area contributed by atoms with Gasteiger partial charge in [-0.15, -0.1) is 10.2 Å². The number of rotatable bonds is 6. The number of aliphatic carboxylic acids is 1. The zero-order valence-corrected chi connectivity index (χ0v) is 9.22. The molecule has 1 aromatic heterocycles. The summed E-state index contributed by atoms with van der Waals surface area (Å²) in [6, 6.07) is 0.492. The lowest BCUT2D eigenvalue weighted by Gasteiger charge is -2.18. The Kier molecular flexibility index (Phi) is 3.19. The molecule has 1 aliphatic rings. The number of hydrogen-bond donors (Lipinski definition) is 1. The van der Waals surface area contributed by atoms with Crippen molar-refractivity contribution in [1.29, 1.82) is 0 Å². The highest BCUT2D eigenvalue weighted by molar-refractivity contribution is 5.66. The molecule has 0 aliphatic heterocycles. The van der Waals surface area contributed by atoms with Gasteiger partial charge in [-0.05, 0) is 12.8 Å². The molecule has 16 heavy (non-hydrogen) atoms. The van der Waals surface area contributed by atoms with Crippen LogP contribution in [0.5, 0.6) is 0 Å². The van der Waals surface area contributed by atoms with E-state index in [1.165, 1.54) is 0 Å². The highest BCUT2D eigenvalue weighted by Gasteiger charge is 2.30. The summed E-state index contributed by atoms with van der Waals surface area (Å²) in [5, 5.41) is 16.3. The molecule has 0 atom stereocenters. The fraction of sp³-hybridized carbons (Fsp3) is 0.700. The molecule has 2 rings (SSSR count). The first kappa shape index (κ1) is 11.1. The van der Waals surface area contributed by atoms with Crippen LogP contribution >= 0.6 is 0 Å². The predicted octanol–water partition coefficient (Wildman–Crippen LogP) is 0.817. The maximum atomic E-state index is 10.5. The Morgan fingerprint density at radius 2 is 2.31 bits per heavy atom.